The average molecular weight is 294 g/mol. The highest BCUT2D eigenvalue weighted by Crippen LogP contribution is 2.28. The summed E-state index contributed by atoms with van der Waals surface area (Å²) in [5.74, 6) is 4.86. The van der Waals surface area contributed by atoms with Crippen molar-refractivity contribution in [2.24, 2.45) is 5.84 Å². The molecule has 0 spiro atoms. The van der Waals surface area contributed by atoms with Gasteiger partial charge in [-0.25, -0.2) is 5.84 Å². The molecule has 2 aromatic rings. The summed E-state index contributed by atoms with van der Waals surface area (Å²) < 4.78 is 7.79. The number of fused-ring (bicyclic) bond motifs is 1. The van der Waals surface area contributed by atoms with Gasteiger partial charge in [0.2, 0.25) is 0 Å². The Bertz CT molecular complexity index is 640. The summed E-state index contributed by atoms with van der Waals surface area (Å²) in [6.07, 6.45) is 3.00. The van der Waals surface area contributed by atoms with Crippen LogP contribution in [-0.4, -0.2) is 22.7 Å². The number of nitrogens with two attached hydrogens (primary N) is 1. The maximum absolute atomic E-state index is 11.4. The third kappa shape index (κ3) is 2.40. The summed E-state index contributed by atoms with van der Waals surface area (Å²) in [5, 5.41) is 1.76. The fourth-order valence-corrected chi connectivity index (χ4v) is 2.98. The first-order valence-electron chi connectivity index (χ1n) is 6.58. The third-order valence-electron chi connectivity index (χ3n) is 3.68. The van der Waals surface area contributed by atoms with Crippen LogP contribution in [0.15, 0.2) is 30.5 Å². The summed E-state index contributed by atoms with van der Waals surface area (Å²) in [4.78, 5) is 11.4. The summed E-state index contributed by atoms with van der Waals surface area (Å²) in [6, 6.07) is 7.97. The standard InChI is InChI=1S/C14H16ClN3O2/c15-11-8-18(12-4-2-1-3-10(11)12)7-9-5-6-13(20-9)14(19)17-16/h1-4,8-9,13H,5-7,16H2,(H,17,19). The van der Waals surface area contributed by atoms with E-state index in [2.05, 4.69) is 9.99 Å². The maximum atomic E-state index is 11.4. The van der Waals surface area contributed by atoms with E-state index in [0.717, 1.165) is 22.3 Å². The zero-order valence-electron chi connectivity index (χ0n) is 10.9. The van der Waals surface area contributed by atoms with Gasteiger partial charge < -0.3 is 9.30 Å². The highest BCUT2D eigenvalue weighted by molar-refractivity contribution is 6.35. The maximum Gasteiger partial charge on any atom is 0.263 e. The molecule has 0 bridgehead atoms. The SMILES string of the molecule is NNC(=O)C1CCC(Cn2cc(Cl)c3ccccc32)O1. The normalized spacial score (nSPS) is 22.3. The van der Waals surface area contributed by atoms with Crippen molar-refractivity contribution in [1.29, 1.82) is 0 Å². The van der Waals surface area contributed by atoms with Gasteiger partial charge in [0, 0.05) is 23.6 Å². The second-order valence-electron chi connectivity index (χ2n) is 4.98. The molecule has 5 nitrogen and oxygen atoms in total. The average Bonchev–Trinajstić information content (AvgIpc) is 3.05. The van der Waals surface area contributed by atoms with Crippen LogP contribution in [0.5, 0.6) is 0 Å². The highest BCUT2D eigenvalue weighted by atomic mass is 35.5. The lowest BCUT2D eigenvalue weighted by Crippen LogP contribution is -2.39. The Morgan fingerprint density at radius 1 is 1.45 bits per heavy atom. The number of rotatable bonds is 3. The summed E-state index contributed by atoms with van der Waals surface area (Å²) in [7, 11) is 0. The van der Waals surface area contributed by atoms with Crippen LogP contribution < -0.4 is 11.3 Å². The molecular weight excluding hydrogens is 278 g/mol. The quantitative estimate of drug-likeness (QED) is 0.515. The Morgan fingerprint density at radius 2 is 2.25 bits per heavy atom. The largest absolute Gasteiger partial charge is 0.363 e. The molecule has 0 radical (unpaired) electrons. The van der Waals surface area contributed by atoms with Crippen LogP contribution in [0.1, 0.15) is 12.8 Å². The number of benzene rings is 1. The van der Waals surface area contributed by atoms with Crippen molar-refractivity contribution in [2.75, 3.05) is 0 Å². The second kappa shape index (κ2) is 5.44. The minimum Gasteiger partial charge on any atom is -0.363 e. The van der Waals surface area contributed by atoms with Crippen molar-refractivity contribution >= 4 is 28.4 Å². The van der Waals surface area contributed by atoms with Gasteiger partial charge >= 0.3 is 0 Å². The van der Waals surface area contributed by atoms with E-state index < -0.39 is 6.10 Å². The number of amides is 1. The monoisotopic (exact) mass is 293 g/mol. The number of aromatic nitrogens is 1. The Balaban J connectivity index is 1.76. The lowest BCUT2D eigenvalue weighted by Gasteiger charge is -2.14. The van der Waals surface area contributed by atoms with E-state index in [0.29, 0.717) is 13.0 Å². The molecule has 20 heavy (non-hydrogen) atoms. The van der Waals surface area contributed by atoms with Gasteiger partial charge in [0.15, 0.2) is 0 Å². The molecule has 3 rings (SSSR count). The minimum atomic E-state index is -0.442. The number of ether oxygens (including phenoxy) is 1. The molecule has 0 saturated carbocycles. The third-order valence-corrected chi connectivity index (χ3v) is 3.98. The van der Waals surface area contributed by atoms with Crippen molar-refractivity contribution in [3.8, 4) is 0 Å². The molecular formula is C14H16ClN3O2. The van der Waals surface area contributed by atoms with Crippen LogP contribution >= 0.6 is 11.6 Å². The lowest BCUT2D eigenvalue weighted by atomic mass is 10.2. The molecule has 1 amide bonds. The minimum absolute atomic E-state index is 0.00386. The van der Waals surface area contributed by atoms with Gasteiger partial charge in [0.25, 0.3) is 5.91 Å². The molecule has 2 atom stereocenters. The summed E-state index contributed by atoms with van der Waals surface area (Å²) in [6.45, 7) is 0.682. The number of halogens is 1. The van der Waals surface area contributed by atoms with Gasteiger partial charge in [-0.15, -0.1) is 0 Å². The van der Waals surface area contributed by atoms with Gasteiger partial charge in [-0.3, -0.25) is 10.2 Å². The molecule has 6 heteroatoms. The van der Waals surface area contributed by atoms with Crippen molar-refractivity contribution in [3.63, 3.8) is 0 Å². The second-order valence-corrected chi connectivity index (χ2v) is 5.39. The number of carbonyl (C=O) groups excluding carboxylic acids is 1. The fourth-order valence-electron chi connectivity index (χ4n) is 2.70. The van der Waals surface area contributed by atoms with E-state index in [1.807, 2.05) is 30.5 Å². The molecule has 3 N–H and O–H groups in total. The zero-order valence-corrected chi connectivity index (χ0v) is 11.6. The van der Waals surface area contributed by atoms with E-state index in [4.69, 9.17) is 22.2 Å². The van der Waals surface area contributed by atoms with Crippen LogP contribution in [0.3, 0.4) is 0 Å². The molecule has 1 fully saturated rings. The fraction of sp³-hybridized carbons (Fsp3) is 0.357. The number of hydrogen-bond donors (Lipinski definition) is 2. The van der Waals surface area contributed by atoms with Crippen LogP contribution in [-0.2, 0) is 16.1 Å². The first-order valence-corrected chi connectivity index (χ1v) is 6.96. The first kappa shape index (κ1) is 13.4. The van der Waals surface area contributed by atoms with Gasteiger partial charge in [-0.2, -0.15) is 0 Å². The lowest BCUT2D eigenvalue weighted by molar-refractivity contribution is -0.132. The molecule has 1 saturated heterocycles. The predicted molar refractivity (Wildman–Crippen MR) is 77.2 cm³/mol. The summed E-state index contributed by atoms with van der Waals surface area (Å²) in [5.41, 5.74) is 3.21. The van der Waals surface area contributed by atoms with Crippen molar-refractivity contribution < 1.29 is 9.53 Å². The van der Waals surface area contributed by atoms with Crippen LogP contribution in [0, 0.1) is 0 Å². The molecule has 0 aliphatic carbocycles. The van der Waals surface area contributed by atoms with Crippen molar-refractivity contribution in [2.45, 2.75) is 31.6 Å². The number of hydrogen-bond acceptors (Lipinski definition) is 3. The van der Waals surface area contributed by atoms with Crippen LogP contribution in [0.4, 0.5) is 0 Å². The number of nitrogens with one attached hydrogen (secondary N) is 1. The first-order chi connectivity index (χ1) is 9.69. The molecule has 106 valence electrons. The van der Waals surface area contributed by atoms with Gasteiger partial charge in [-0.05, 0) is 18.9 Å². The van der Waals surface area contributed by atoms with Crippen LogP contribution in [0.2, 0.25) is 5.02 Å². The van der Waals surface area contributed by atoms with Gasteiger partial charge in [0.1, 0.15) is 6.10 Å². The Hall–Kier alpha value is -1.56. The highest BCUT2D eigenvalue weighted by Gasteiger charge is 2.30. The number of carbonyl (C=O) groups is 1. The molecule has 1 aromatic carbocycles. The van der Waals surface area contributed by atoms with Crippen molar-refractivity contribution in [1.82, 2.24) is 9.99 Å². The van der Waals surface area contributed by atoms with E-state index in [9.17, 15) is 4.79 Å². The molecule has 2 heterocycles. The Labute approximate surface area is 121 Å². The Kier molecular flexibility index (Phi) is 3.65. The zero-order chi connectivity index (χ0) is 14.1. The van der Waals surface area contributed by atoms with E-state index >= 15 is 0 Å². The topological polar surface area (TPSA) is 69.3 Å². The number of hydrazine groups is 1. The van der Waals surface area contributed by atoms with Gasteiger partial charge in [-0.1, -0.05) is 29.8 Å². The van der Waals surface area contributed by atoms with Gasteiger partial charge in [0.05, 0.1) is 11.1 Å². The Morgan fingerprint density at radius 3 is 3.05 bits per heavy atom. The molecule has 1 aliphatic heterocycles. The molecule has 1 aliphatic rings. The summed E-state index contributed by atoms with van der Waals surface area (Å²) >= 11 is 6.22. The number of para-hydroxylation sites is 1. The predicted octanol–water partition coefficient (Wildman–Crippen LogP) is 1.83. The van der Waals surface area contributed by atoms with E-state index in [-0.39, 0.29) is 12.0 Å². The van der Waals surface area contributed by atoms with E-state index in [1.165, 1.54) is 0 Å². The number of nitrogens with zero attached hydrogens (tertiary/aromatic N) is 1. The van der Waals surface area contributed by atoms with E-state index in [1.54, 1.807) is 0 Å². The smallest absolute Gasteiger partial charge is 0.263 e. The molecule has 2 unspecified atom stereocenters. The van der Waals surface area contributed by atoms with Crippen molar-refractivity contribution in [3.05, 3.63) is 35.5 Å². The van der Waals surface area contributed by atoms with Crippen LogP contribution in [0.25, 0.3) is 10.9 Å². The molecule has 1 aromatic heterocycles.